The summed E-state index contributed by atoms with van der Waals surface area (Å²) < 4.78 is 0. The Morgan fingerprint density at radius 3 is 2.79 bits per heavy atom. The molecule has 29 heavy (non-hydrogen) atoms. The van der Waals surface area contributed by atoms with E-state index >= 15 is 0 Å². The Morgan fingerprint density at radius 2 is 2.07 bits per heavy atom. The minimum atomic E-state index is 0.300. The first kappa shape index (κ1) is 20.1. The van der Waals surface area contributed by atoms with E-state index in [-0.39, 0.29) is 0 Å². The van der Waals surface area contributed by atoms with Gasteiger partial charge < -0.3 is 5.32 Å². The summed E-state index contributed by atoms with van der Waals surface area (Å²) in [4.78, 5) is 14.5. The topological polar surface area (TPSA) is 49.1 Å². The number of nitrogens with zero attached hydrogens (tertiary/aromatic N) is 3. The number of nitrogens with one attached hydrogen (secondary N) is 1. The van der Waals surface area contributed by atoms with Crippen molar-refractivity contribution in [3.8, 4) is 0 Å². The zero-order valence-corrected chi connectivity index (χ0v) is 18.3. The summed E-state index contributed by atoms with van der Waals surface area (Å²) in [5.41, 5.74) is 6.05. The van der Waals surface area contributed by atoms with Gasteiger partial charge in [-0.15, -0.1) is 0 Å². The molecule has 2 aliphatic carbocycles. The summed E-state index contributed by atoms with van der Waals surface area (Å²) in [6.07, 6.45) is 18.2. The summed E-state index contributed by atoms with van der Waals surface area (Å²) in [5, 5.41) is 3.62. The number of hydrogen-bond donors (Lipinski definition) is 1. The molecule has 0 aromatic rings. The van der Waals surface area contributed by atoms with Gasteiger partial charge in [0.1, 0.15) is 5.84 Å². The number of fused-ring (bicyclic) bond motifs is 1. The highest BCUT2D eigenvalue weighted by Crippen LogP contribution is 2.38. The van der Waals surface area contributed by atoms with Crippen molar-refractivity contribution in [2.45, 2.75) is 72.3 Å². The highest BCUT2D eigenvalue weighted by molar-refractivity contribution is 6.09. The minimum absolute atomic E-state index is 0.300. The van der Waals surface area contributed by atoms with Crippen LogP contribution in [0.15, 0.2) is 61.9 Å². The van der Waals surface area contributed by atoms with Crippen molar-refractivity contribution in [2.24, 2.45) is 32.7 Å². The molecule has 4 aliphatic rings. The number of hydrogen-bond acceptors (Lipinski definition) is 3. The molecule has 4 rings (SSSR count). The third-order valence-electron chi connectivity index (χ3n) is 6.37. The monoisotopic (exact) mass is 390 g/mol. The molecular weight excluding hydrogens is 356 g/mol. The molecule has 0 amide bonds. The molecule has 1 N–H and O–H groups in total. The molecule has 4 nitrogen and oxygen atoms in total. The fraction of sp³-hybridized carbons (Fsp3) is 0.560. The quantitative estimate of drug-likeness (QED) is 0.596. The molecule has 0 radical (unpaired) electrons. The molecule has 0 bridgehead atoms. The molecule has 1 fully saturated rings. The highest BCUT2D eigenvalue weighted by atomic mass is 15.0. The van der Waals surface area contributed by atoms with Gasteiger partial charge in [-0.2, -0.15) is 0 Å². The molecule has 2 unspecified atom stereocenters. The second-order valence-electron chi connectivity index (χ2n) is 9.06. The van der Waals surface area contributed by atoms with Gasteiger partial charge in [-0.05, 0) is 63.0 Å². The first-order valence-electron chi connectivity index (χ1n) is 11.3. The van der Waals surface area contributed by atoms with Crippen LogP contribution in [0.25, 0.3) is 0 Å². The molecule has 0 aromatic carbocycles. The van der Waals surface area contributed by atoms with E-state index in [1.807, 2.05) is 12.4 Å². The van der Waals surface area contributed by atoms with Gasteiger partial charge in [0.2, 0.25) is 0 Å². The van der Waals surface area contributed by atoms with Crippen molar-refractivity contribution in [1.82, 2.24) is 5.32 Å². The van der Waals surface area contributed by atoms with Crippen molar-refractivity contribution in [3.63, 3.8) is 0 Å². The smallest absolute Gasteiger partial charge is 0.110 e. The van der Waals surface area contributed by atoms with E-state index in [2.05, 4.69) is 56.2 Å². The lowest BCUT2D eigenvalue weighted by Crippen LogP contribution is -2.26. The van der Waals surface area contributed by atoms with Gasteiger partial charge in [-0.25, -0.2) is 4.99 Å². The third kappa shape index (κ3) is 4.36. The minimum Gasteiger partial charge on any atom is -0.347 e. The largest absolute Gasteiger partial charge is 0.347 e. The van der Waals surface area contributed by atoms with Crippen LogP contribution in [-0.2, 0) is 0 Å². The molecule has 4 heteroatoms. The standard InChI is InChI=1S/C25H34N4/c1-5-18(14-26-16(2)3)21-15-27-25-20(21)12-17(4)13-23(25)29-24-11-10-22(28-24)19-8-6-7-9-19/h5,10,13-17,19-20H,6-9,11-12H2,1-4H3,(H,28,29)/b18-5+,26-14?. The van der Waals surface area contributed by atoms with E-state index in [1.165, 1.54) is 42.5 Å². The Morgan fingerprint density at radius 1 is 1.28 bits per heavy atom. The lowest BCUT2D eigenvalue weighted by molar-refractivity contribution is 0.575. The Kier molecular flexibility index (Phi) is 5.98. The summed E-state index contributed by atoms with van der Waals surface area (Å²) in [6, 6.07) is 0.300. The average Bonchev–Trinajstić information content (AvgIpc) is 3.42. The third-order valence-corrected chi connectivity index (χ3v) is 6.37. The molecule has 0 saturated heterocycles. The molecule has 2 atom stereocenters. The van der Waals surface area contributed by atoms with Crippen molar-refractivity contribution in [1.29, 1.82) is 0 Å². The maximum Gasteiger partial charge on any atom is 0.110 e. The maximum atomic E-state index is 5.04. The van der Waals surface area contributed by atoms with Gasteiger partial charge in [0.05, 0.1) is 11.4 Å². The Bertz CT molecular complexity index is 857. The molecular formula is C25H34N4. The van der Waals surface area contributed by atoms with E-state index in [0.29, 0.717) is 23.8 Å². The summed E-state index contributed by atoms with van der Waals surface area (Å²) >= 11 is 0. The number of amidine groups is 1. The second kappa shape index (κ2) is 8.64. The van der Waals surface area contributed by atoms with Gasteiger partial charge in [0, 0.05) is 36.5 Å². The lowest BCUT2D eigenvalue weighted by atomic mass is 9.79. The zero-order valence-electron chi connectivity index (χ0n) is 18.3. The van der Waals surface area contributed by atoms with Gasteiger partial charge in [-0.3, -0.25) is 9.98 Å². The fourth-order valence-electron chi connectivity index (χ4n) is 4.86. The maximum absolute atomic E-state index is 5.04. The average molecular weight is 391 g/mol. The van der Waals surface area contributed by atoms with Crippen LogP contribution in [-0.4, -0.2) is 23.8 Å². The van der Waals surface area contributed by atoms with Crippen LogP contribution in [0.5, 0.6) is 0 Å². The highest BCUT2D eigenvalue weighted by Gasteiger charge is 2.34. The van der Waals surface area contributed by atoms with Crippen LogP contribution in [0.2, 0.25) is 0 Å². The number of allylic oxidation sites excluding steroid dienone is 6. The first-order chi connectivity index (χ1) is 14.0. The van der Waals surface area contributed by atoms with Crippen LogP contribution in [0.4, 0.5) is 0 Å². The summed E-state index contributed by atoms with van der Waals surface area (Å²) in [6.45, 7) is 8.59. The normalized spacial score (nSPS) is 29.3. The fourth-order valence-corrected chi connectivity index (χ4v) is 4.86. The van der Waals surface area contributed by atoms with Gasteiger partial charge >= 0.3 is 0 Å². The number of aliphatic imine (C=N–C) groups is 3. The van der Waals surface area contributed by atoms with E-state index < -0.39 is 0 Å². The van der Waals surface area contributed by atoms with Crippen molar-refractivity contribution in [2.75, 3.05) is 0 Å². The van der Waals surface area contributed by atoms with Crippen LogP contribution >= 0.6 is 0 Å². The molecule has 0 spiro atoms. The van der Waals surface area contributed by atoms with Crippen LogP contribution in [0.1, 0.15) is 66.2 Å². The molecule has 0 aromatic heterocycles. The van der Waals surface area contributed by atoms with E-state index in [4.69, 9.17) is 9.98 Å². The predicted octanol–water partition coefficient (Wildman–Crippen LogP) is 5.76. The SMILES string of the molecule is C/C=C(\C=NC(C)C)C1=CN=C2C(N=C3CC=C(C4CCCC4)N3)=CC(C)CC12. The van der Waals surface area contributed by atoms with E-state index in [9.17, 15) is 0 Å². The second-order valence-corrected chi connectivity index (χ2v) is 9.06. The predicted molar refractivity (Wildman–Crippen MR) is 123 cm³/mol. The van der Waals surface area contributed by atoms with Gasteiger partial charge in [0.15, 0.2) is 0 Å². The molecule has 2 heterocycles. The van der Waals surface area contributed by atoms with Gasteiger partial charge in [-0.1, -0.05) is 38.0 Å². The summed E-state index contributed by atoms with van der Waals surface area (Å²) in [5.74, 6) is 2.60. The van der Waals surface area contributed by atoms with E-state index in [1.54, 1.807) is 0 Å². The molecule has 1 saturated carbocycles. The zero-order chi connectivity index (χ0) is 20.4. The Labute approximate surface area is 175 Å². The number of rotatable bonds is 5. The van der Waals surface area contributed by atoms with Crippen LogP contribution in [0.3, 0.4) is 0 Å². The van der Waals surface area contributed by atoms with Crippen LogP contribution < -0.4 is 5.32 Å². The molecule has 2 aliphatic heterocycles. The first-order valence-corrected chi connectivity index (χ1v) is 11.3. The lowest BCUT2D eigenvalue weighted by Gasteiger charge is -2.26. The van der Waals surface area contributed by atoms with Crippen LogP contribution in [0, 0.1) is 17.8 Å². The Balaban J connectivity index is 1.50. The van der Waals surface area contributed by atoms with E-state index in [0.717, 1.165) is 30.1 Å². The van der Waals surface area contributed by atoms with Crippen molar-refractivity contribution < 1.29 is 0 Å². The summed E-state index contributed by atoms with van der Waals surface area (Å²) in [7, 11) is 0. The Hall–Kier alpha value is -2.23. The van der Waals surface area contributed by atoms with Crippen molar-refractivity contribution >= 4 is 17.8 Å². The van der Waals surface area contributed by atoms with Gasteiger partial charge in [0.25, 0.3) is 0 Å². The van der Waals surface area contributed by atoms with Crippen molar-refractivity contribution in [3.05, 3.63) is 47.0 Å². The molecule has 154 valence electrons.